The third-order valence-electron chi connectivity index (χ3n) is 1.49. The van der Waals surface area contributed by atoms with E-state index in [9.17, 15) is 0 Å². The lowest BCUT2D eigenvalue weighted by molar-refractivity contribution is -0.515. The fourth-order valence-electron chi connectivity index (χ4n) is 0.789. The van der Waals surface area contributed by atoms with Crippen LogP contribution < -0.4 is 0 Å². The molecule has 0 atom stereocenters. The fraction of sp³-hybridized carbons (Fsp3) is 0.833. The first-order valence-corrected chi connectivity index (χ1v) is 2.98. The molecule has 0 aromatic rings. The van der Waals surface area contributed by atoms with Crippen molar-refractivity contribution in [3.8, 4) is 0 Å². The van der Waals surface area contributed by atoms with Crippen LogP contribution in [0.3, 0.4) is 0 Å². The van der Waals surface area contributed by atoms with E-state index in [4.69, 9.17) is 4.74 Å². The van der Waals surface area contributed by atoms with E-state index in [1.165, 1.54) is 0 Å². The summed E-state index contributed by atoms with van der Waals surface area (Å²) in [7, 11) is 2.05. The molecule has 0 N–H and O–H groups in total. The Kier molecular flexibility index (Phi) is 1.51. The number of nitrogens with zero attached hydrogens (tertiary/aromatic N) is 1. The van der Waals surface area contributed by atoms with Gasteiger partial charge < -0.3 is 4.74 Å². The highest BCUT2D eigenvalue weighted by molar-refractivity contribution is 5.67. The largest absolute Gasteiger partial charge is 0.448 e. The summed E-state index contributed by atoms with van der Waals surface area (Å²) < 4.78 is 7.36. The van der Waals surface area contributed by atoms with Gasteiger partial charge in [0, 0.05) is 6.42 Å². The first kappa shape index (κ1) is 5.60. The van der Waals surface area contributed by atoms with Crippen LogP contribution in [0.4, 0.5) is 0 Å². The number of hydrogen-bond acceptors (Lipinski definition) is 1. The molecule has 0 aromatic heterocycles. The summed E-state index contributed by atoms with van der Waals surface area (Å²) >= 11 is 0. The van der Waals surface area contributed by atoms with Gasteiger partial charge in [-0.1, -0.05) is 0 Å². The summed E-state index contributed by atoms with van der Waals surface area (Å²) in [6.45, 7) is 4.04. The van der Waals surface area contributed by atoms with Crippen LogP contribution in [-0.2, 0) is 4.74 Å². The standard InChI is InChI=1S/C6H12NO/c1-6-7(2)4-3-5-8-6/h3-5H2,1-2H3/q+1. The number of rotatable bonds is 0. The highest BCUT2D eigenvalue weighted by atomic mass is 16.5. The Bertz CT molecular complexity index is 104. The maximum Gasteiger partial charge on any atom is 0.332 e. The summed E-state index contributed by atoms with van der Waals surface area (Å²) in [5.41, 5.74) is 0. The lowest BCUT2D eigenvalue weighted by Gasteiger charge is -2.09. The van der Waals surface area contributed by atoms with Crippen molar-refractivity contribution >= 4 is 5.90 Å². The summed E-state index contributed by atoms with van der Waals surface area (Å²) in [6.07, 6.45) is 1.16. The molecule has 1 heterocycles. The Hall–Kier alpha value is -0.530. The molecule has 0 saturated carbocycles. The summed E-state index contributed by atoms with van der Waals surface area (Å²) in [6, 6.07) is 0. The minimum absolute atomic E-state index is 0.899. The smallest absolute Gasteiger partial charge is 0.332 e. The molecule has 0 spiro atoms. The molecule has 1 aliphatic rings. The predicted octanol–water partition coefficient (Wildman–Crippen LogP) is 0.467. The Morgan fingerprint density at radius 1 is 1.62 bits per heavy atom. The van der Waals surface area contributed by atoms with Crippen molar-refractivity contribution in [1.82, 2.24) is 0 Å². The van der Waals surface area contributed by atoms with E-state index in [1.807, 2.05) is 6.92 Å². The fourth-order valence-corrected chi connectivity index (χ4v) is 0.789. The van der Waals surface area contributed by atoms with Gasteiger partial charge in [0.1, 0.15) is 13.6 Å². The van der Waals surface area contributed by atoms with Crippen molar-refractivity contribution < 1.29 is 9.31 Å². The zero-order chi connectivity index (χ0) is 5.98. The van der Waals surface area contributed by atoms with E-state index in [2.05, 4.69) is 11.6 Å². The Labute approximate surface area is 49.8 Å². The highest BCUT2D eigenvalue weighted by Gasteiger charge is 2.10. The van der Waals surface area contributed by atoms with E-state index >= 15 is 0 Å². The maximum atomic E-state index is 5.23. The van der Waals surface area contributed by atoms with Crippen LogP contribution in [0.15, 0.2) is 0 Å². The molecule has 0 radical (unpaired) electrons. The molecule has 0 aromatic carbocycles. The predicted molar refractivity (Wildman–Crippen MR) is 32.3 cm³/mol. The van der Waals surface area contributed by atoms with Crippen LogP contribution in [0.5, 0.6) is 0 Å². The van der Waals surface area contributed by atoms with E-state index in [0.717, 1.165) is 25.5 Å². The van der Waals surface area contributed by atoms with E-state index in [-0.39, 0.29) is 0 Å². The summed E-state index contributed by atoms with van der Waals surface area (Å²) in [5, 5.41) is 0. The first-order chi connectivity index (χ1) is 3.80. The molecule has 46 valence electrons. The minimum atomic E-state index is 0.899. The van der Waals surface area contributed by atoms with Crippen molar-refractivity contribution in [3.63, 3.8) is 0 Å². The molecule has 0 fully saturated rings. The zero-order valence-electron chi connectivity index (χ0n) is 5.48. The van der Waals surface area contributed by atoms with Gasteiger partial charge in [-0.15, -0.1) is 0 Å². The zero-order valence-corrected chi connectivity index (χ0v) is 5.48. The lowest BCUT2D eigenvalue weighted by atomic mass is 10.4. The van der Waals surface area contributed by atoms with Crippen LogP contribution in [0.25, 0.3) is 0 Å². The van der Waals surface area contributed by atoms with Gasteiger partial charge in [-0.05, 0) is 0 Å². The van der Waals surface area contributed by atoms with Crippen LogP contribution >= 0.6 is 0 Å². The topological polar surface area (TPSA) is 12.2 Å². The van der Waals surface area contributed by atoms with Gasteiger partial charge in [0.05, 0.1) is 13.5 Å². The van der Waals surface area contributed by atoms with Gasteiger partial charge in [-0.2, -0.15) is 0 Å². The number of ether oxygens (including phenoxy) is 1. The van der Waals surface area contributed by atoms with Crippen LogP contribution in [0, 0.1) is 0 Å². The minimum Gasteiger partial charge on any atom is -0.448 e. The normalized spacial score (nSPS) is 20.8. The van der Waals surface area contributed by atoms with Crippen molar-refractivity contribution in [1.29, 1.82) is 0 Å². The highest BCUT2D eigenvalue weighted by Crippen LogP contribution is 1.93. The van der Waals surface area contributed by atoms with Crippen molar-refractivity contribution in [2.24, 2.45) is 0 Å². The number of hydrogen-bond donors (Lipinski definition) is 0. The quantitative estimate of drug-likeness (QED) is 0.417. The van der Waals surface area contributed by atoms with Crippen LogP contribution in [0.1, 0.15) is 13.3 Å². The molecule has 1 rings (SSSR count). The third-order valence-corrected chi connectivity index (χ3v) is 1.49. The first-order valence-electron chi connectivity index (χ1n) is 2.98. The second-order valence-corrected chi connectivity index (χ2v) is 2.14. The molecule has 2 heteroatoms. The van der Waals surface area contributed by atoms with Gasteiger partial charge in [-0.3, -0.25) is 0 Å². The molecule has 0 saturated heterocycles. The molecule has 0 aliphatic carbocycles. The van der Waals surface area contributed by atoms with Gasteiger partial charge in [-0.25, -0.2) is 4.58 Å². The Morgan fingerprint density at radius 2 is 2.38 bits per heavy atom. The van der Waals surface area contributed by atoms with Crippen molar-refractivity contribution in [2.75, 3.05) is 20.2 Å². The molecule has 0 amide bonds. The third kappa shape index (κ3) is 0.997. The maximum absolute atomic E-state index is 5.23. The second-order valence-electron chi connectivity index (χ2n) is 2.14. The van der Waals surface area contributed by atoms with Gasteiger partial charge in [0.15, 0.2) is 0 Å². The summed E-state index contributed by atoms with van der Waals surface area (Å²) in [5.74, 6) is 1.05. The second kappa shape index (κ2) is 2.16. The average molecular weight is 114 g/mol. The molecule has 8 heavy (non-hydrogen) atoms. The Morgan fingerprint density at radius 3 is 2.75 bits per heavy atom. The van der Waals surface area contributed by atoms with Crippen LogP contribution in [0.2, 0.25) is 0 Å². The summed E-state index contributed by atoms with van der Waals surface area (Å²) in [4.78, 5) is 0. The molecule has 0 bridgehead atoms. The monoisotopic (exact) mass is 114 g/mol. The molecule has 1 aliphatic heterocycles. The lowest BCUT2D eigenvalue weighted by Crippen LogP contribution is -2.25. The van der Waals surface area contributed by atoms with Gasteiger partial charge in [0.2, 0.25) is 0 Å². The van der Waals surface area contributed by atoms with Crippen LogP contribution in [-0.4, -0.2) is 30.7 Å². The van der Waals surface area contributed by atoms with Crippen molar-refractivity contribution in [3.05, 3.63) is 0 Å². The van der Waals surface area contributed by atoms with Gasteiger partial charge >= 0.3 is 5.90 Å². The molecule has 2 nitrogen and oxygen atoms in total. The molecular formula is C6H12NO+. The SMILES string of the molecule is CC1=[N+](C)CCCO1. The van der Waals surface area contributed by atoms with Crippen molar-refractivity contribution in [2.45, 2.75) is 13.3 Å². The van der Waals surface area contributed by atoms with Gasteiger partial charge in [0.25, 0.3) is 0 Å². The molecular weight excluding hydrogens is 102 g/mol. The Balaban J connectivity index is 2.60. The van der Waals surface area contributed by atoms with E-state index < -0.39 is 0 Å². The molecule has 0 unspecified atom stereocenters. The van der Waals surface area contributed by atoms with E-state index in [0.29, 0.717) is 0 Å². The average Bonchev–Trinajstić information content (AvgIpc) is 1.77. The van der Waals surface area contributed by atoms with E-state index in [1.54, 1.807) is 0 Å².